The summed E-state index contributed by atoms with van der Waals surface area (Å²) in [6, 6.07) is 9.53. The molecule has 1 aromatic heterocycles. The number of rotatable bonds is 6. The molecule has 1 heterocycles. The van der Waals surface area contributed by atoms with Gasteiger partial charge in [-0.1, -0.05) is 23.7 Å². The van der Waals surface area contributed by atoms with Gasteiger partial charge in [-0.2, -0.15) is 0 Å². The molecule has 0 bridgehead atoms. The van der Waals surface area contributed by atoms with Crippen LogP contribution in [-0.2, 0) is 7.05 Å². The van der Waals surface area contributed by atoms with Crippen LogP contribution in [-0.4, -0.2) is 16.5 Å². The quantitative estimate of drug-likeness (QED) is 0.449. The highest BCUT2D eigenvalue weighted by Gasteiger charge is 2.31. The molecule has 1 amide bonds. The molecule has 3 aromatic rings. The maximum absolute atomic E-state index is 14.6. The summed E-state index contributed by atoms with van der Waals surface area (Å²) >= 11 is 6.30. The predicted octanol–water partition coefficient (Wildman–Crippen LogP) is 4.80. The lowest BCUT2D eigenvalue weighted by Crippen LogP contribution is -2.31. The first-order valence-corrected chi connectivity index (χ1v) is 10.8. The number of aromatic nitrogens is 1. The standard InChI is InChI=1S/C24H24ClFN4O3/c1-12-7-10-17(15(26)11-12)29-22-19(23(31)28-14-8-9-14)21(13(2)24(32)30(22)3)33-18-6-4-5-16(27)20(18)25/h4-7,10-11,14,29H,8-9,27H2,1-3H3,(H,28,31). The lowest BCUT2D eigenvalue weighted by atomic mass is 10.1. The molecule has 33 heavy (non-hydrogen) atoms. The highest BCUT2D eigenvalue weighted by Crippen LogP contribution is 2.38. The van der Waals surface area contributed by atoms with Gasteiger partial charge in [0.25, 0.3) is 11.5 Å². The van der Waals surface area contributed by atoms with Gasteiger partial charge in [0.05, 0.1) is 16.9 Å². The summed E-state index contributed by atoms with van der Waals surface area (Å²) in [6.45, 7) is 3.33. The number of ether oxygens (including phenoxy) is 1. The van der Waals surface area contributed by atoms with Crippen molar-refractivity contribution < 1.29 is 13.9 Å². The summed E-state index contributed by atoms with van der Waals surface area (Å²) in [5, 5.41) is 6.00. The smallest absolute Gasteiger partial charge is 0.259 e. The van der Waals surface area contributed by atoms with Gasteiger partial charge in [0.1, 0.15) is 28.0 Å². The molecule has 0 aliphatic heterocycles. The number of nitrogens with zero attached hydrogens (tertiary/aromatic N) is 1. The second-order valence-corrected chi connectivity index (χ2v) is 8.54. The highest BCUT2D eigenvalue weighted by atomic mass is 35.5. The fourth-order valence-corrected chi connectivity index (χ4v) is 3.61. The molecule has 1 aliphatic rings. The third kappa shape index (κ3) is 4.52. The Kier molecular flexibility index (Phi) is 6.03. The SMILES string of the molecule is Cc1ccc(Nc2c(C(=O)NC3CC3)c(Oc3cccc(N)c3Cl)c(C)c(=O)n2C)c(F)c1. The Labute approximate surface area is 195 Å². The van der Waals surface area contributed by atoms with Gasteiger partial charge in [0.2, 0.25) is 0 Å². The molecule has 7 nitrogen and oxygen atoms in total. The summed E-state index contributed by atoms with van der Waals surface area (Å²) in [7, 11) is 1.51. The lowest BCUT2D eigenvalue weighted by Gasteiger charge is -2.21. The van der Waals surface area contributed by atoms with E-state index in [0.717, 1.165) is 18.4 Å². The molecule has 0 atom stereocenters. The van der Waals surface area contributed by atoms with Gasteiger partial charge in [-0.05, 0) is 56.5 Å². The van der Waals surface area contributed by atoms with Gasteiger partial charge in [-0.15, -0.1) is 0 Å². The van der Waals surface area contributed by atoms with E-state index in [-0.39, 0.29) is 45.2 Å². The number of hydrogen-bond acceptors (Lipinski definition) is 5. The van der Waals surface area contributed by atoms with Crippen molar-refractivity contribution in [3.63, 3.8) is 0 Å². The molecule has 9 heteroatoms. The molecule has 4 N–H and O–H groups in total. The first-order valence-electron chi connectivity index (χ1n) is 10.5. The van der Waals surface area contributed by atoms with Crippen molar-refractivity contribution in [2.45, 2.75) is 32.7 Å². The summed E-state index contributed by atoms with van der Waals surface area (Å²) in [6.07, 6.45) is 1.73. The van der Waals surface area contributed by atoms with Crippen molar-refractivity contribution >= 4 is 34.7 Å². The number of carbonyl (C=O) groups excluding carboxylic acids is 1. The third-order valence-corrected chi connectivity index (χ3v) is 5.89. The lowest BCUT2D eigenvalue weighted by molar-refractivity contribution is 0.0949. The van der Waals surface area contributed by atoms with Gasteiger partial charge in [0, 0.05) is 13.1 Å². The van der Waals surface area contributed by atoms with E-state index in [1.165, 1.54) is 17.7 Å². The van der Waals surface area contributed by atoms with E-state index >= 15 is 0 Å². The van der Waals surface area contributed by atoms with E-state index in [1.807, 2.05) is 0 Å². The first-order chi connectivity index (χ1) is 15.7. The zero-order valence-electron chi connectivity index (χ0n) is 18.5. The van der Waals surface area contributed by atoms with E-state index in [4.69, 9.17) is 22.1 Å². The number of amides is 1. The topological polar surface area (TPSA) is 98.4 Å². The minimum atomic E-state index is -0.516. The van der Waals surface area contributed by atoms with Crippen LogP contribution in [0.2, 0.25) is 5.02 Å². The van der Waals surface area contributed by atoms with E-state index in [9.17, 15) is 14.0 Å². The average Bonchev–Trinajstić information content (AvgIpc) is 3.58. The largest absolute Gasteiger partial charge is 0.454 e. The predicted molar refractivity (Wildman–Crippen MR) is 127 cm³/mol. The molecule has 1 aliphatic carbocycles. The Morgan fingerprint density at radius 2 is 1.97 bits per heavy atom. The highest BCUT2D eigenvalue weighted by molar-refractivity contribution is 6.34. The normalized spacial score (nSPS) is 13.0. The van der Waals surface area contributed by atoms with Gasteiger partial charge in [-0.25, -0.2) is 4.39 Å². The van der Waals surface area contributed by atoms with Crippen LogP contribution in [0.1, 0.15) is 34.3 Å². The zero-order valence-corrected chi connectivity index (χ0v) is 19.2. The van der Waals surface area contributed by atoms with Crippen molar-refractivity contribution in [2.24, 2.45) is 7.05 Å². The van der Waals surface area contributed by atoms with Gasteiger partial charge in [0.15, 0.2) is 5.75 Å². The zero-order chi connectivity index (χ0) is 23.9. The van der Waals surface area contributed by atoms with E-state index in [0.29, 0.717) is 5.69 Å². The van der Waals surface area contributed by atoms with Crippen LogP contribution < -0.4 is 26.7 Å². The molecule has 0 spiro atoms. The van der Waals surface area contributed by atoms with Gasteiger partial charge >= 0.3 is 0 Å². The summed E-state index contributed by atoms with van der Waals surface area (Å²) in [5.74, 6) is -0.638. The van der Waals surface area contributed by atoms with Crippen molar-refractivity contribution in [1.82, 2.24) is 9.88 Å². The van der Waals surface area contributed by atoms with Crippen molar-refractivity contribution in [1.29, 1.82) is 0 Å². The molecule has 1 saturated carbocycles. The Hall–Kier alpha value is -3.52. The molecular weight excluding hydrogens is 447 g/mol. The van der Waals surface area contributed by atoms with Crippen molar-refractivity contribution in [3.05, 3.63) is 74.3 Å². The summed E-state index contributed by atoms with van der Waals surface area (Å²) < 4.78 is 21.9. The second-order valence-electron chi connectivity index (χ2n) is 8.16. The third-order valence-electron chi connectivity index (χ3n) is 5.49. The van der Waals surface area contributed by atoms with Crippen LogP contribution in [0.3, 0.4) is 0 Å². The van der Waals surface area contributed by atoms with Crippen molar-refractivity contribution in [3.8, 4) is 11.5 Å². The number of benzene rings is 2. The number of hydrogen-bond donors (Lipinski definition) is 3. The van der Waals surface area contributed by atoms with Gasteiger partial charge in [-0.3, -0.25) is 14.2 Å². The number of nitrogens with one attached hydrogen (secondary N) is 2. The minimum Gasteiger partial charge on any atom is -0.454 e. The van der Waals surface area contributed by atoms with Crippen molar-refractivity contribution in [2.75, 3.05) is 11.1 Å². The molecule has 0 radical (unpaired) electrons. The van der Waals surface area contributed by atoms with Crippen LogP contribution >= 0.6 is 11.6 Å². The summed E-state index contributed by atoms with van der Waals surface area (Å²) in [4.78, 5) is 26.4. The Morgan fingerprint density at radius 1 is 1.24 bits per heavy atom. The van der Waals surface area contributed by atoms with Crippen LogP contribution in [0.4, 0.5) is 21.6 Å². The maximum atomic E-state index is 14.6. The number of pyridine rings is 1. The number of anilines is 3. The van der Waals surface area contributed by atoms with Crippen LogP contribution in [0.5, 0.6) is 11.5 Å². The number of carbonyl (C=O) groups is 1. The molecule has 2 aromatic carbocycles. The molecular formula is C24H24ClFN4O3. The molecule has 172 valence electrons. The Balaban J connectivity index is 1.91. The Bertz CT molecular complexity index is 1320. The van der Waals surface area contributed by atoms with Gasteiger partial charge < -0.3 is 21.1 Å². The van der Waals surface area contributed by atoms with Crippen LogP contribution in [0.15, 0.2) is 41.2 Å². The monoisotopic (exact) mass is 470 g/mol. The fourth-order valence-electron chi connectivity index (χ4n) is 3.45. The minimum absolute atomic E-state index is 0.0266. The van der Waals surface area contributed by atoms with E-state index < -0.39 is 17.3 Å². The number of nitrogen functional groups attached to an aromatic ring is 1. The second kappa shape index (κ2) is 8.78. The maximum Gasteiger partial charge on any atom is 0.259 e. The fraction of sp³-hybridized carbons (Fsp3) is 0.250. The summed E-state index contributed by atoms with van der Waals surface area (Å²) in [5.41, 5.74) is 6.89. The van der Waals surface area contributed by atoms with Crippen LogP contribution in [0, 0.1) is 19.7 Å². The average molecular weight is 471 g/mol. The Morgan fingerprint density at radius 3 is 2.64 bits per heavy atom. The number of halogens is 2. The van der Waals surface area contributed by atoms with Crippen LogP contribution in [0.25, 0.3) is 0 Å². The van der Waals surface area contributed by atoms with E-state index in [2.05, 4.69) is 10.6 Å². The van der Waals surface area contributed by atoms with E-state index in [1.54, 1.807) is 44.2 Å². The molecule has 1 fully saturated rings. The first kappa shape index (κ1) is 22.7. The number of nitrogens with two attached hydrogens (primary N) is 1. The molecule has 0 saturated heterocycles. The molecule has 4 rings (SSSR count). The molecule has 0 unspecified atom stereocenters. The number of aryl methyl sites for hydroxylation is 1.